The minimum atomic E-state index is 0.777. The number of anilines is 1. The van der Waals surface area contributed by atoms with Gasteiger partial charge in [0.2, 0.25) is 0 Å². The number of aryl methyl sites for hydroxylation is 2. The number of rotatable bonds is 6. The number of ether oxygens (including phenoxy) is 1. The monoisotopic (exact) mass is 443 g/mol. The van der Waals surface area contributed by atoms with Crippen molar-refractivity contribution in [2.45, 2.75) is 52.5 Å². The van der Waals surface area contributed by atoms with Crippen LogP contribution < -0.4 is 4.90 Å². The van der Waals surface area contributed by atoms with Gasteiger partial charge in [0.25, 0.3) is 0 Å². The van der Waals surface area contributed by atoms with Crippen LogP contribution in [0, 0.1) is 5.92 Å². The molecule has 0 spiro atoms. The molecule has 7 heteroatoms. The molecule has 1 aliphatic carbocycles. The molecule has 0 atom stereocenters. The van der Waals surface area contributed by atoms with E-state index in [4.69, 9.17) is 14.7 Å². The Morgan fingerprint density at radius 3 is 2.48 bits per heavy atom. The van der Waals surface area contributed by atoms with Crippen molar-refractivity contribution in [3.8, 4) is 0 Å². The van der Waals surface area contributed by atoms with Gasteiger partial charge >= 0.3 is 0 Å². The number of morpholine rings is 1. The summed E-state index contributed by atoms with van der Waals surface area (Å²) in [5.74, 6) is 2.99. The Balaban J connectivity index is 1.41. The lowest BCUT2D eigenvalue weighted by atomic mass is 9.97. The molecule has 3 aliphatic rings. The summed E-state index contributed by atoms with van der Waals surface area (Å²) in [5, 5.41) is 1.38. The van der Waals surface area contributed by atoms with Crippen molar-refractivity contribution in [2.75, 3.05) is 63.9 Å². The van der Waals surface area contributed by atoms with E-state index < -0.39 is 0 Å². The van der Waals surface area contributed by atoms with Crippen LogP contribution >= 0.6 is 11.3 Å². The quantitative estimate of drug-likeness (QED) is 0.680. The van der Waals surface area contributed by atoms with Crippen LogP contribution in [-0.2, 0) is 24.1 Å². The van der Waals surface area contributed by atoms with Crippen molar-refractivity contribution in [1.82, 2.24) is 19.8 Å². The third kappa shape index (κ3) is 4.90. The van der Waals surface area contributed by atoms with Gasteiger partial charge in [-0.25, -0.2) is 9.97 Å². The molecule has 0 bridgehead atoms. The molecule has 4 heterocycles. The Bertz CT molecular complexity index is 884. The molecule has 2 aliphatic heterocycles. The van der Waals surface area contributed by atoms with E-state index in [1.165, 1.54) is 54.7 Å². The van der Waals surface area contributed by atoms with E-state index in [2.05, 4.69) is 28.5 Å². The van der Waals surface area contributed by atoms with Crippen molar-refractivity contribution in [3.05, 3.63) is 16.3 Å². The van der Waals surface area contributed by atoms with Crippen molar-refractivity contribution in [1.29, 1.82) is 0 Å². The van der Waals surface area contributed by atoms with Crippen LogP contribution in [0.2, 0.25) is 0 Å². The highest BCUT2D eigenvalue weighted by molar-refractivity contribution is 7.19. The molecule has 31 heavy (non-hydrogen) atoms. The summed E-state index contributed by atoms with van der Waals surface area (Å²) in [4.78, 5) is 20.7. The summed E-state index contributed by atoms with van der Waals surface area (Å²) in [5.41, 5.74) is 1.56. The summed E-state index contributed by atoms with van der Waals surface area (Å²) < 4.78 is 5.53. The van der Waals surface area contributed by atoms with Crippen LogP contribution in [0.3, 0.4) is 0 Å². The first kappa shape index (κ1) is 21.6. The first-order valence-corrected chi connectivity index (χ1v) is 13.1. The van der Waals surface area contributed by atoms with Crippen LogP contribution in [0.15, 0.2) is 0 Å². The zero-order valence-electron chi connectivity index (χ0n) is 19.2. The summed E-state index contributed by atoms with van der Waals surface area (Å²) in [7, 11) is 0. The van der Waals surface area contributed by atoms with Crippen LogP contribution in [-0.4, -0.2) is 78.8 Å². The highest BCUT2D eigenvalue weighted by atomic mass is 32.1. The minimum absolute atomic E-state index is 0.777. The average Bonchev–Trinajstić information content (AvgIpc) is 3.16. The number of piperazine rings is 1. The van der Waals surface area contributed by atoms with E-state index in [1.807, 2.05) is 11.3 Å². The molecular formula is C24H37N5OS. The number of fused-ring (bicyclic) bond motifs is 3. The van der Waals surface area contributed by atoms with Gasteiger partial charge in [-0.1, -0.05) is 13.8 Å². The maximum absolute atomic E-state index is 5.53. The van der Waals surface area contributed by atoms with Crippen LogP contribution in [0.4, 0.5) is 5.82 Å². The van der Waals surface area contributed by atoms with Gasteiger partial charge < -0.3 is 9.64 Å². The molecule has 0 N–H and O–H groups in total. The van der Waals surface area contributed by atoms with Gasteiger partial charge in [0.15, 0.2) is 0 Å². The fourth-order valence-corrected chi connectivity index (χ4v) is 6.34. The first-order valence-electron chi connectivity index (χ1n) is 12.3. The molecule has 2 aromatic heterocycles. The molecule has 2 aromatic rings. The van der Waals surface area contributed by atoms with E-state index in [0.29, 0.717) is 0 Å². The highest BCUT2D eigenvalue weighted by Gasteiger charge is 2.26. The number of aromatic nitrogens is 2. The second-order valence-electron chi connectivity index (χ2n) is 9.75. The molecule has 0 unspecified atom stereocenters. The molecule has 170 valence electrons. The van der Waals surface area contributed by atoms with E-state index in [1.54, 1.807) is 10.4 Å². The first-order chi connectivity index (χ1) is 15.2. The van der Waals surface area contributed by atoms with Gasteiger partial charge in [-0.3, -0.25) is 9.80 Å². The van der Waals surface area contributed by atoms with Gasteiger partial charge in [0.1, 0.15) is 16.5 Å². The maximum Gasteiger partial charge on any atom is 0.146 e. The fourth-order valence-electron chi connectivity index (χ4n) is 5.06. The normalized spacial score (nSPS) is 21.2. The second kappa shape index (κ2) is 9.69. The summed E-state index contributed by atoms with van der Waals surface area (Å²) in [6.07, 6.45) is 6.33. The Labute approximate surface area is 190 Å². The lowest BCUT2D eigenvalue weighted by Crippen LogP contribution is -2.47. The van der Waals surface area contributed by atoms with E-state index in [9.17, 15) is 0 Å². The van der Waals surface area contributed by atoms with Crippen LogP contribution in [0.1, 0.15) is 49.4 Å². The van der Waals surface area contributed by atoms with Gasteiger partial charge in [0.05, 0.1) is 25.1 Å². The Hall–Kier alpha value is -1.28. The number of nitrogens with zero attached hydrogens (tertiary/aromatic N) is 5. The highest BCUT2D eigenvalue weighted by Crippen LogP contribution is 2.40. The molecule has 0 aromatic carbocycles. The SMILES string of the molecule is CC(C)CCN1CCN(c2nc(CN3CCOCC3)nc3sc4c(c23)CCCC4)CC1. The topological polar surface area (TPSA) is 44.7 Å². The molecule has 2 saturated heterocycles. The van der Waals surface area contributed by atoms with E-state index in [-0.39, 0.29) is 0 Å². The molecule has 5 rings (SSSR count). The third-order valence-corrected chi connectivity index (χ3v) is 8.19. The average molecular weight is 444 g/mol. The standard InChI is InChI=1S/C24H37N5OS/c1-18(2)7-8-27-9-11-29(12-10-27)23-22-19-5-3-4-6-20(19)31-24(22)26-21(25-23)17-28-13-15-30-16-14-28/h18H,3-17H2,1-2H3. The van der Waals surface area contributed by atoms with E-state index >= 15 is 0 Å². The number of thiophene rings is 1. The fraction of sp³-hybridized carbons (Fsp3) is 0.750. The van der Waals surface area contributed by atoms with Crippen molar-refractivity contribution in [3.63, 3.8) is 0 Å². The van der Waals surface area contributed by atoms with E-state index in [0.717, 1.165) is 70.8 Å². The Morgan fingerprint density at radius 1 is 0.935 bits per heavy atom. The Morgan fingerprint density at radius 2 is 1.71 bits per heavy atom. The van der Waals surface area contributed by atoms with Gasteiger partial charge in [-0.2, -0.15) is 0 Å². The lowest BCUT2D eigenvalue weighted by Gasteiger charge is -2.36. The van der Waals surface area contributed by atoms with Crippen LogP contribution in [0.25, 0.3) is 10.2 Å². The predicted octanol–water partition coefficient (Wildman–Crippen LogP) is 3.57. The molecule has 6 nitrogen and oxygen atoms in total. The molecule has 0 saturated carbocycles. The number of hydrogen-bond donors (Lipinski definition) is 0. The van der Waals surface area contributed by atoms with Crippen molar-refractivity contribution < 1.29 is 4.74 Å². The molecule has 2 fully saturated rings. The van der Waals surface area contributed by atoms with Gasteiger partial charge in [0, 0.05) is 44.1 Å². The number of hydrogen-bond acceptors (Lipinski definition) is 7. The summed E-state index contributed by atoms with van der Waals surface area (Å²) >= 11 is 1.93. The molecule has 0 radical (unpaired) electrons. The summed E-state index contributed by atoms with van der Waals surface area (Å²) in [6, 6.07) is 0. The van der Waals surface area contributed by atoms with Crippen molar-refractivity contribution >= 4 is 27.4 Å². The smallest absolute Gasteiger partial charge is 0.146 e. The largest absolute Gasteiger partial charge is 0.379 e. The molecule has 0 amide bonds. The second-order valence-corrected chi connectivity index (χ2v) is 10.8. The minimum Gasteiger partial charge on any atom is -0.379 e. The maximum atomic E-state index is 5.53. The zero-order valence-corrected chi connectivity index (χ0v) is 20.1. The zero-order chi connectivity index (χ0) is 21.2. The Kier molecular flexibility index (Phi) is 6.74. The van der Waals surface area contributed by atoms with Gasteiger partial charge in [-0.15, -0.1) is 11.3 Å². The predicted molar refractivity (Wildman–Crippen MR) is 128 cm³/mol. The lowest BCUT2D eigenvalue weighted by molar-refractivity contribution is 0.0331. The van der Waals surface area contributed by atoms with Crippen molar-refractivity contribution in [2.24, 2.45) is 5.92 Å². The molecular weight excluding hydrogens is 406 g/mol. The van der Waals surface area contributed by atoms with Crippen LogP contribution in [0.5, 0.6) is 0 Å². The van der Waals surface area contributed by atoms with Gasteiger partial charge in [-0.05, 0) is 50.1 Å². The summed E-state index contributed by atoms with van der Waals surface area (Å²) in [6.45, 7) is 14.7. The third-order valence-electron chi connectivity index (χ3n) is 7.01.